The van der Waals surface area contributed by atoms with Crippen LogP contribution in [-0.4, -0.2) is 52.1 Å². The van der Waals surface area contributed by atoms with E-state index >= 15 is 0 Å². The second-order valence-corrected chi connectivity index (χ2v) is 7.81. The number of carbonyl (C=O) groups excluding carboxylic acids is 1. The number of hydrogen-bond donors (Lipinski definition) is 1. The monoisotopic (exact) mass is 400 g/mol. The summed E-state index contributed by atoms with van der Waals surface area (Å²) in [4.78, 5) is 23.1. The van der Waals surface area contributed by atoms with Crippen molar-refractivity contribution in [3.63, 3.8) is 0 Å². The maximum Gasteiger partial charge on any atom is 0.270 e. The number of carbonyl (C=O) groups is 1. The largest absolute Gasteiger partial charge is 0.383 e. The highest BCUT2D eigenvalue weighted by Crippen LogP contribution is 2.29. The molecular formula is C21H25ClN4O2. The molecule has 0 unspecified atom stereocenters. The van der Waals surface area contributed by atoms with Gasteiger partial charge in [0.25, 0.3) is 5.91 Å². The molecule has 0 radical (unpaired) electrons. The Hall–Kier alpha value is -2.31. The summed E-state index contributed by atoms with van der Waals surface area (Å²) in [7, 11) is 1.70. The number of aromatic amines is 1. The molecule has 1 aliphatic heterocycles. The zero-order valence-electron chi connectivity index (χ0n) is 16.2. The molecule has 1 aromatic carbocycles. The first-order valence-corrected chi connectivity index (χ1v) is 10.0. The molecule has 0 saturated carbocycles. The molecule has 1 fully saturated rings. The molecule has 148 valence electrons. The van der Waals surface area contributed by atoms with E-state index in [9.17, 15) is 4.79 Å². The van der Waals surface area contributed by atoms with Gasteiger partial charge in [-0.25, -0.2) is 4.98 Å². The van der Waals surface area contributed by atoms with E-state index in [2.05, 4.69) is 14.5 Å². The highest BCUT2D eigenvalue weighted by atomic mass is 35.5. The van der Waals surface area contributed by atoms with Crippen LogP contribution in [0, 0.1) is 6.92 Å². The van der Waals surface area contributed by atoms with E-state index in [1.807, 2.05) is 42.4 Å². The Balaban J connectivity index is 1.56. The van der Waals surface area contributed by atoms with Crippen LogP contribution in [0.1, 0.15) is 40.6 Å². The Morgan fingerprint density at radius 3 is 3.11 bits per heavy atom. The Bertz CT molecular complexity index is 994. The molecule has 0 aliphatic carbocycles. The van der Waals surface area contributed by atoms with Crippen LogP contribution in [0.5, 0.6) is 0 Å². The fourth-order valence-electron chi connectivity index (χ4n) is 4.10. The minimum absolute atomic E-state index is 0.0459. The average molecular weight is 401 g/mol. The van der Waals surface area contributed by atoms with Gasteiger partial charge in [0.15, 0.2) is 0 Å². The number of likely N-dealkylation sites (tertiary alicyclic amines) is 1. The zero-order valence-corrected chi connectivity index (χ0v) is 17.0. The summed E-state index contributed by atoms with van der Waals surface area (Å²) in [6.45, 7) is 4.84. The van der Waals surface area contributed by atoms with Crippen LogP contribution in [0.4, 0.5) is 0 Å². The van der Waals surface area contributed by atoms with Crippen molar-refractivity contribution in [2.24, 2.45) is 0 Å². The number of piperidine rings is 1. The van der Waals surface area contributed by atoms with Crippen molar-refractivity contribution in [2.45, 2.75) is 32.2 Å². The topological polar surface area (TPSA) is 63.1 Å². The van der Waals surface area contributed by atoms with E-state index in [-0.39, 0.29) is 11.8 Å². The maximum atomic E-state index is 13.3. The lowest BCUT2D eigenvalue weighted by Gasteiger charge is -2.32. The number of rotatable bonds is 5. The fraction of sp³-hybridized carbons (Fsp3) is 0.429. The standard InChI is InChI=1S/C21H25ClN4O2/c1-14-17-12-16(22)5-6-18(17)24-19(14)21(27)26-8-3-4-15(13-26)20-23-7-9-25(20)10-11-28-2/h5-7,9,12,15,24H,3-4,8,10-11,13H2,1-2H3/t15-/m0/s1. The van der Waals surface area contributed by atoms with Crippen LogP contribution in [0.2, 0.25) is 5.02 Å². The molecule has 3 heterocycles. The van der Waals surface area contributed by atoms with Gasteiger partial charge in [-0.3, -0.25) is 4.79 Å². The number of hydrogen-bond acceptors (Lipinski definition) is 3. The van der Waals surface area contributed by atoms with Gasteiger partial charge in [-0.15, -0.1) is 0 Å². The van der Waals surface area contributed by atoms with Crippen molar-refractivity contribution in [1.82, 2.24) is 19.4 Å². The van der Waals surface area contributed by atoms with Gasteiger partial charge in [0, 0.05) is 61.0 Å². The van der Waals surface area contributed by atoms with E-state index in [1.54, 1.807) is 7.11 Å². The van der Waals surface area contributed by atoms with Crippen LogP contribution in [0.15, 0.2) is 30.6 Å². The minimum atomic E-state index is 0.0459. The summed E-state index contributed by atoms with van der Waals surface area (Å²) in [6, 6.07) is 5.67. The molecule has 1 atom stereocenters. The number of aromatic nitrogens is 3. The Morgan fingerprint density at radius 1 is 1.43 bits per heavy atom. The van der Waals surface area contributed by atoms with Crippen molar-refractivity contribution < 1.29 is 9.53 Å². The van der Waals surface area contributed by atoms with Gasteiger partial charge < -0.3 is 19.2 Å². The van der Waals surface area contributed by atoms with Crippen molar-refractivity contribution in [3.05, 3.63) is 52.7 Å². The maximum absolute atomic E-state index is 13.3. The van der Waals surface area contributed by atoms with Gasteiger partial charge in [-0.05, 0) is 43.5 Å². The summed E-state index contributed by atoms with van der Waals surface area (Å²) in [6.07, 6.45) is 5.83. The summed E-state index contributed by atoms with van der Waals surface area (Å²) in [5.74, 6) is 1.32. The lowest BCUT2D eigenvalue weighted by atomic mass is 9.96. The third-order valence-electron chi connectivity index (χ3n) is 5.59. The van der Waals surface area contributed by atoms with Gasteiger partial charge >= 0.3 is 0 Å². The number of fused-ring (bicyclic) bond motifs is 1. The van der Waals surface area contributed by atoms with Gasteiger partial charge in [-0.2, -0.15) is 0 Å². The molecule has 4 rings (SSSR count). The van der Waals surface area contributed by atoms with Crippen LogP contribution in [0.25, 0.3) is 10.9 Å². The first-order valence-electron chi connectivity index (χ1n) is 9.65. The first-order chi connectivity index (χ1) is 13.6. The molecule has 7 heteroatoms. The fourth-order valence-corrected chi connectivity index (χ4v) is 4.27. The number of H-pyrrole nitrogens is 1. The highest BCUT2D eigenvalue weighted by molar-refractivity contribution is 6.31. The van der Waals surface area contributed by atoms with E-state index in [1.165, 1.54) is 0 Å². The second kappa shape index (κ2) is 7.97. The number of imidazole rings is 1. The van der Waals surface area contributed by atoms with Crippen molar-refractivity contribution >= 4 is 28.4 Å². The summed E-state index contributed by atoms with van der Waals surface area (Å²) < 4.78 is 7.34. The molecule has 1 saturated heterocycles. The van der Waals surface area contributed by atoms with Gasteiger partial charge in [0.05, 0.1) is 6.61 Å². The van der Waals surface area contributed by atoms with Gasteiger partial charge in [-0.1, -0.05) is 11.6 Å². The molecular weight excluding hydrogens is 376 g/mol. The molecule has 1 aliphatic rings. The van der Waals surface area contributed by atoms with Gasteiger partial charge in [0.2, 0.25) is 0 Å². The highest BCUT2D eigenvalue weighted by Gasteiger charge is 2.29. The number of nitrogens with one attached hydrogen (secondary N) is 1. The molecule has 0 bridgehead atoms. The predicted molar refractivity (Wildman–Crippen MR) is 110 cm³/mol. The molecule has 1 N–H and O–H groups in total. The average Bonchev–Trinajstić information content (AvgIpc) is 3.31. The number of benzene rings is 1. The normalized spacial score (nSPS) is 17.4. The smallest absolute Gasteiger partial charge is 0.270 e. The third-order valence-corrected chi connectivity index (χ3v) is 5.83. The molecule has 6 nitrogen and oxygen atoms in total. The lowest BCUT2D eigenvalue weighted by molar-refractivity contribution is 0.0697. The van der Waals surface area contributed by atoms with Crippen molar-refractivity contribution in [1.29, 1.82) is 0 Å². The number of ether oxygens (including phenoxy) is 1. The minimum Gasteiger partial charge on any atom is -0.383 e. The number of methoxy groups -OCH3 is 1. The summed E-state index contributed by atoms with van der Waals surface area (Å²) in [5.41, 5.74) is 2.54. The van der Waals surface area contributed by atoms with Crippen molar-refractivity contribution in [3.8, 4) is 0 Å². The quantitative estimate of drug-likeness (QED) is 0.704. The molecule has 28 heavy (non-hydrogen) atoms. The number of aryl methyl sites for hydroxylation is 1. The number of nitrogens with zero attached hydrogens (tertiary/aromatic N) is 3. The summed E-state index contributed by atoms with van der Waals surface area (Å²) >= 11 is 6.13. The molecule has 1 amide bonds. The Labute approximate surface area is 169 Å². The van der Waals surface area contributed by atoms with Crippen LogP contribution in [-0.2, 0) is 11.3 Å². The van der Waals surface area contributed by atoms with E-state index in [0.29, 0.717) is 23.9 Å². The van der Waals surface area contributed by atoms with E-state index < -0.39 is 0 Å². The lowest BCUT2D eigenvalue weighted by Crippen LogP contribution is -2.40. The zero-order chi connectivity index (χ0) is 19.7. The van der Waals surface area contributed by atoms with E-state index in [0.717, 1.165) is 48.2 Å². The number of halogens is 1. The predicted octanol–water partition coefficient (Wildman–Crippen LogP) is 3.99. The summed E-state index contributed by atoms with van der Waals surface area (Å²) in [5, 5.41) is 1.68. The van der Waals surface area contributed by atoms with Crippen molar-refractivity contribution in [2.75, 3.05) is 26.8 Å². The first kappa shape index (κ1) is 19.0. The SMILES string of the molecule is COCCn1ccnc1[C@H]1CCCN(C(=O)c2[nH]c3ccc(Cl)cc3c2C)C1. The molecule has 2 aromatic heterocycles. The Morgan fingerprint density at radius 2 is 2.29 bits per heavy atom. The second-order valence-electron chi connectivity index (χ2n) is 7.38. The Kier molecular flexibility index (Phi) is 5.42. The third kappa shape index (κ3) is 3.54. The van der Waals surface area contributed by atoms with Crippen LogP contribution in [0.3, 0.4) is 0 Å². The van der Waals surface area contributed by atoms with Crippen LogP contribution < -0.4 is 0 Å². The molecule has 0 spiro atoms. The van der Waals surface area contributed by atoms with Crippen LogP contribution >= 0.6 is 11.6 Å². The van der Waals surface area contributed by atoms with E-state index in [4.69, 9.17) is 16.3 Å². The van der Waals surface area contributed by atoms with Gasteiger partial charge in [0.1, 0.15) is 11.5 Å². The number of amides is 1. The molecule has 3 aromatic rings.